The van der Waals surface area contributed by atoms with Crippen LogP contribution in [0.15, 0.2) is 0 Å². The molecule has 112 valence electrons. The van der Waals surface area contributed by atoms with Gasteiger partial charge in [-0.25, -0.2) is 12.7 Å². The number of nitrogens with zero attached hydrogens (tertiary/aromatic N) is 1. The van der Waals surface area contributed by atoms with Gasteiger partial charge in [0.1, 0.15) is 0 Å². The van der Waals surface area contributed by atoms with Crippen LogP contribution < -0.4 is 5.32 Å². The first-order valence-corrected chi connectivity index (χ1v) is 9.08. The van der Waals surface area contributed by atoms with Crippen molar-refractivity contribution in [2.75, 3.05) is 25.4 Å². The van der Waals surface area contributed by atoms with E-state index in [1.807, 2.05) is 20.8 Å². The maximum Gasteiger partial charge on any atom is 0.214 e. The molecule has 19 heavy (non-hydrogen) atoms. The summed E-state index contributed by atoms with van der Waals surface area (Å²) >= 11 is 0. The minimum Gasteiger partial charge on any atom is -0.314 e. The zero-order valence-electron chi connectivity index (χ0n) is 12.5. The maximum absolute atomic E-state index is 12.3. The Bertz CT molecular complexity index is 388. The lowest BCUT2D eigenvalue weighted by atomic mass is 10.0. The van der Waals surface area contributed by atoms with Crippen LogP contribution in [-0.4, -0.2) is 44.2 Å². The molecule has 1 saturated heterocycles. The smallest absolute Gasteiger partial charge is 0.214 e. The fourth-order valence-electron chi connectivity index (χ4n) is 2.63. The summed E-state index contributed by atoms with van der Waals surface area (Å²) in [6.45, 7) is 8.43. The van der Waals surface area contributed by atoms with Crippen LogP contribution in [0.3, 0.4) is 0 Å². The van der Waals surface area contributed by atoms with E-state index in [4.69, 9.17) is 0 Å². The van der Waals surface area contributed by atoms with Gasteiger partial charge in [0.05, 0.1) is 5.75 Å². The van der Waals surface area contributed by atoms with E-state index in [0.29, 0.717) is 19.1 Å². The van der Waals surface area contributed by atoms with Crippen LogP contribution in [0.5, 0.6) is 0 Å². The highest BCUT2D eigenvalue weighted by molar-refractivity contribution is 7.89. The Morgan fingerprint density at radius 2 is 1.68 bits per heavy atom. The average Bonchev–Trinajstić information content (AvgIpc) is 3.07. The first-order valence-electron chi connectivity index (χ1n) is 7.47. The van der Waals surface area contributed by atoms with E-state index in [2.05, 4.69) is 5.32 Å². The topological polar surface area (TPSA) is 49.4 Å². The van der Waals surface area contributed by atoms with Gasteiger partial charge in [-0.05, 0) is 43.6 Å². The molecule has 0 spiro atoms. The fraction of sp³-hybridized carbons (Fsp3) is 1.00. The molecule has 4 nitrogen and oxygen atoms in total. The zero-order chi connectivity index (χ0) is 14.1. The normalized spacial score (nSPS) is 23.7. The molecule has 0 radical (unpaired) electrons. The predicted octanol–water partition coefficient (Wildman–Crippen LogP) is 1.83. The molecule has 1 N–H and O–H groups in total. The van der Waals surface area contributed by atoms with Crippen molar-refractivity contribution in [3.05, 3.63) is 0 Å². The standard InChI is InChI=1S/C14H28N2O2S/c1-14(2,3)11-19(17,18)16-8-6-13(7-9-16)15-10-12-4-5-12/h12-13,15H,4-11H2,1-3H3. The highest BCUT2D eigenvalue weighted by atomic mass is 32.2. The van der Waals surface area contributed by atoms with E-state index in [1.54, 1.807) is 4.31 Å². The highest BCUT2D eigenvalue weighted by Crippen LogP contribution is 2.28. The molecule has 5 heteroatoms. The molecule has 0 amide bonds. The van der Waals surface area contributed by atoms with Gasteiger partial charge in [0.2, 0.25) is 10.0 Å². The Labute approximate surface area is 118 Å². The Kier molecular flexibility index (Phi) is 4.58. The van der Waals surface area contributed by atoms with Crippen LogP contribution in [0.2, 0.25) is 0 Å². The van der Waals surface area contributed by atoms with Crippen molar-refractivity contribution in [2.45, 2.75) is 52.5 Å². The van der Waals surface area contributed by atoms with Gasteiger partial charge in [-0.15, -0.1) is 0 Å². The van der Waals surface area contributed by atoms with Gasteiger partial charge >= 0.3 is 0 Å². The lowest BCUT2D eigenvalue weighted by molar-refractivity contribution is 0.284. The second-order valence-electron chi connectivity index (χ2n) is 7.34. The quantitative estimate of drug-likeness (QED) is 0.839. The number of nitrogens with one attached hydrogen (secondary N) is 1. The van der Waals surface area contributed by atoms with Gasteiger partial charge in [0.25, 0.3) is 0 Å². The molecule has 2 aliphatic rings. The van der Waals surface area contributed by atoms with E-state index in [9.17, 15) is 8.42 Å². The van der Waals surface area contributed by atoms with Gasteiger partial charge in [0.15, 0.2) is 0 Å². The van der Waals surface area contributed by atoms with Gasteiger partial charge in [-0.1, -0.05) is 20.8 Å². The van der Waals surface area contributed by atoms with Gasteiger partial charge in [-0.3, -0.25) is 0 Å². The average molecular weight is 288 g/mol. The summed E-state index contributed by atoms with van der Waals surface area (Å²) < 4.78 is 26.3. The number of hydrogen-bond acceptors (Lipinski definition) is 3. The van der Waals surface area contributed by atoms with E-state index in [-0.39, 0.29) is 11.2 Å². The molecule has 1 heterocycles. The van der Waals surface area contributed by atoms with Crippen LogP contribution in [0.4, 0.5) is 0 Å². The number of piperidine rings is 1. The fourth-order valence-corrected chi connectivity index (χ4v) is 4.68. The summed E-state index contributed by atoms with van der Waals surface area (Å²) in [4.78, 5) is 0. The van der Waals surface area contributed by atoms with Crippen molar-refractivity contribution < 1.29 is 8.42 Å². The first-order chi connectivity index (χ1) is 8.76. The first kappa shape index (κ1) is 15.3. The third kappa shape index (κ3) is 5.04. The van der Waals surface area contributed by atoms with E-state index < -0.39 is 10.0 Å². The molecule has 0 unspecified atom stereocenters. The SMILES string of the molecule is CC(C)(C)CS(=O)(=O)N1CCC(NCC2CC2)CC1. The van der Waals surface area contributed by atoms with Gasteiger partial charge in [-0.2, -0.15) is 0 Å². The zero-order valence-corrected chi connectivity index (χ0v) is 13.3. The summed E-state index contributed by atoms with van der Waals surface area (Å²) in [5, 5.41) is 3.58. The molecule has 2 rings (SSSR count). The minimum absolute atomic E-state index is 0.167. The number of rotatable bonds is 5. The summed E-state index contributed by atoms with van der Waals surface area (Å²) in [6.07, 6.45) is 4.64. The lowest BCUT2D eigenvalue weighted by Gasteiger charge is -2.33. The van der Waals surface area contributed by atoms with Crippen molar-refractivity contribution in [3.8, 4) is 0 Å². The van der Waals surface area contributed by atoms with Crippen LogP contribution in [0.1, 0.15) is 46.5 Å². The Hall–Kier alpha value is -0.130. The third-order valence-electron chi connectivity index (χ3n) is 3.85. The molecule has 0 atom stereocenters. The van der Waals surface area contributed by atoms with E-state index in [1.165, 1.54) is 12.8 Å². The van der Waals surface area contributed by atoms with E-state index in [0.717, 1.165) is 25.3 Å². The van der Waals surface area contributed by atoms with Crippen molar-refractivity contribution in [1.82, 2.24) is 9.62 Å². The largest absolute Gasteiger partial charge is 0.314 e. The second kappa shape index (κ2) is 5.70. The van der Waals surface area contributed by atoms with Crippen molar-refractivity contribution in [3.63, 3.8) is 0 Å². The highest BCUT2D eigenvalue weighted by Gasteiger charge is 2.31. The Morgan fingerprint density at radius 1 is 1.11 bits per heavy atom. The summed E-state index contributed by atoms with van der Waals surface area (Å²) in [6, 6.07) is 0.515. The molecular formula is C14H28N2O2S. The van der Waals surface area contributed by atoms with Crippen molar-refractivity contribution in [1.29, 1.82) is 0 Å². The molecule has 0 aromatic heterocycles. The molecule has 2 fully saturated rings. The molecule has 0 aromatic carbocycles. The Balaban J connectivity index is 1.78. The number of hydrogen-bond donors (Lipinski definition) is 1. The molecular weight excluding hydrogens is 260 g/mol. The van der Waals surface area contributed by atoms with Crippen LogP contribution in [0.25, 0.3) is 0 Å². The molecule has 1 saturated carbocycles. The monoisotopic (exact) mass is 288 g/mol. The third-order valence-corrected chi connectivity index (χ3v) is 6.24. The number of sulfonamides is 1. The van der Waals surface area contributed by atoms with Crippen LogP contribution in [0, 0.1) is 11.3 Å². The van der Waals surface area contributed by atoms with Crippen LogP contribution >= 0.6 is 0 Å². The molecule has 1 aliphatic carbocycles. The molecule has 0 aromatic rings. The maximum atomic E-state index is 12.3. The second-order valence-corrected chi connectivity index (χ2v) is 9.31. The van der Waals surface area contributed by atoms with Crippen molar-refractivity contribution >= 4 is 10.0 Å². The van der Waals surface area contributed by atoms with Crippen molar-refractivity contribution in [2.24, 2.45) is 11.3 Å². The summed E-state index contributed by atoms with van der Waals surface area (Å²) in [7, 11) is -3.08. The van der Waals surface area contributed by atoms with Crippen LogP contribution in [-0.2, 0) is 10.0 Å². The molecule has 0 bridgehead atoms. The Morgan fingerprint density at radius 3 is 2.16 bits per heavy atom. The summed E-state index contributed by atoms with van der Waals surface area (Å²) in [5.41, 5.74) is -0.167. The van der Waals surface area contributed by atoms with Gasteiger partial charge < -0.3 is 5.32 Å². The van der Waals surface area contributed by atoms with Gasteiger partial charge in [0, 0.05) is 19.1 Å². The lowest BCUT2D eigenvalue weighted by Crippen LogP contribution is -2.47. The summed E-state index contributed by atoms with van der Waals surface area (Å²) in [5.74, 6) is 1.14. The minimum atomic E-state index is -3.08. The van der Waals surface area contributed by atoms with E-state index >= 15 is 0 Å². The molecule has 1 aliphatic heterocycles. The predicted molar refractivity (Wildman–Crippen MR) is 78.6 cm³/mol.